The van der Waals surface area contributed by atoms with Crippen LogP contribution in [0.4, 0.5) is 5.69 Å². The molecule has 0 aliphatic heterocycles. The highest BCUT2D eigenvalue weighted by Gasteiger charge is 2.08. The first-order valence-electron chi connectivity index (χ1n) is 5.52. The van der Waals surface area contributed by atoms with Crippen molar-refractivity contribution in [2.75, 3.05) is 5.32 Å². The molecule has 0 amide bonds. The Morgan fingerprint density at radius 3 is 2.94 bits per heavy atom. The maximum Gasteiger partial charge on any atom is 0.283 e. The van der Waals surface area contributed by atoms with Crippen LogP contribution in [-0.2, 0) is 13.1 Å². The molecule has 0 saturated carbocycles. The third-order valence-corrected chi connectivity index (χ3v) is 4.11. The van der Waals surface area contributed by atoms with Crippen LogP contribution in [0.15, 0.2) is 20.8 Å². The number of hydrogen-bond donors (Lipinski definition) is 1. The normalized spacial score (nSPS) is 10.6. The summed E-state index contributed by atoms with van der Waals surface area (Å²) in [6, 6.07) is 0. The number of nitrogens with one attached hydrogen (secondary N) is 1. The second kappa shape index (κ2) is 5.62. The van der Waals surface area contributed by atoms with Crippen LogP contribution in [0.2, 0.25) is 0 Å². The van der Waals surface area contributed by atoms with E-state index in [0.717, 1.165) is 10.7 Å². The lowest BCUT2D eigenvalue weighted by Crippen LogP contribution is -2.23. The van der Waals surface area contributed by atoms with Gasteiger partial charge < -0.3 is 5.32 Å². The predicted molar refractivity (Wildman–Crippen MR) is 76.0 cm³/mol. The molecule has 7 heteroatoms. The third-order valence-electron chi connectivity index (χ3n) is 2.38. The first kappa shape index (κ1) is 13.2. The van der Waals surface area contributed by atoms with Crippen molar-refractivity contribution >= 4 is 33.0 Å². The van der Waals surface area contributed by atoms with Gasteiger partial charge in [-0.25, -0.2) is 9.67 Å². The average Bonchev–Trinajstić information content (AvgIpc) is 2.77. The van der Waals surface area contributed by atoms with Gasteiger partial charge in [0.1, 0.15) is 9.48 Å². The van der Waals surface area contributed by atoms with Crippen molar-refractivity contribution in [1.82, 2.24) is 14.8 Å². The van der Waals surface area contributed by atoms with Gasteiger partial charge in [0.05, 0.1) is 18.4 Å². The van der Waals surface area contributed by atoms with Gasteiger partial charge in [-0.1, -0.05) is 0 Å². The summed E-state index contributed by atoms with van der Waals surface area (Å²) < 4.78 is 1.91. The van der Waals surface area contributed by atoms with Crippen molar-refractivity contribution in [2.24, 2.45) is 0 Å². The quantitative estimate of drug-likeness (QED) is 0.936. The number of anilines is 1. The Morgan fingerprint density at radius 1 is 1.56 bits per heavy atom. The van der Waals surface area contributed by atoms with Gasteiger partial charge in [-0.2, -0.15) is 5.10 Å². The molecule has 18 heavy (non-hydrogen) atoms. The van der Waals surface area contributed by atoms with E-state index in [9.17, 15) is 4.79 Å². The van der Waals surface area contributed by atoms with Crippen molar-refractivity contribution in [3.05, 3.63) is 37.1 Å². The highest BCUT2D eigenvalue weighted by atomic mass is 79.9. The Kier molecular flexibility index (Phi) is 4.13. The fourth-order valence-corrected chi connectivity index (χ4v) is 2.63. The SMILES string of the molecule is CCn1ncc(NCc2nc(C)cs2)c(Br)c1=O. The van der Waals surface area contributed by atoms with Gasteiger partial charge in [0.2, 0.25) is 0 Å². The largest absolute Gasteiger partial charge is 0.376 e. The second-order valence-corrected chi connectivity index (χ2v) is 5.46. The van der Waals surface area contributed by atoms with Crippen molar-refractivity contribution in [3.63, 3.8) is 0 Å². The second-order valence-electron chi connectivity index (χ2n) is 3.73. The molecule has 2 aromatic heterocycles. The number of thiazole rings is 1. The molecule has 0 unspecified atom stereocenters. The Labute approximate surface area is 117 Å². The van der Waals surface area contributed by atoms with Gasteiger partial charge in [0.25, 0.3) is 5.56 Å². The fraction of sp³-hybridized carbons (Fsp3) is 0.364. The van der Waals surface area contributed by atoms with Gasteiger partial charge in [-0.05, 0) is 29.8 Å². The van der Waals surface area contributed by atoms with E-state index in [4.69, 9.17) is 0 Å². The fourth-order valence-electron chi connectivity index (χ4n) is 1.47. The smallest absolute Gasteiger partial charge is 0.283 e. The van der Waals surface area contributed by atoms with E-state index in [1.807, 2.05) is 19.2 Å². The molecule has 0 aromatic carbocycles. The van der Waals surface area contributed by atoms with Crippen LogP contribution < -0.4 is 10.9 Å². The molecule has 2 aromatic rings. The Hall–Kier alpha value is -1.21. The molecule has 0 bridgehead atoms. The summed E-state index contributed by atoms with van der Waals surface area (Å²) >= 11 is 4.89. The number of aromatic nitrogens is 3. The summed E-state index contributed by atoms with van der Waals surface area (Å²) in [7, 11) is 0. The number of halogens is 1. The molecule has 0 fully saturated rings. The van der Waals surface area contributed by atoms with Crippen LogP contribution in [0.5, 0.6) is 0 Å². The van der Waals surface area contributed by atoms with Gasteiger partial charge in [0, 0.05) is 17.6 Å². The lowest BCUT2D eigenvalue weighted by Gasteiger charge is -2.08. The van der Waals surface area contributed by atoms with E-state index in [2.05, 4.69) is 31.3 Å². The molecule has 1 N–H and O–H groups in total. The summed E-state index contributed by atoms with van der Waals surface area (Å²) in [6.45, 7) is 4.99. The van der Waals surface area contributed by atoms with Crippen molar-refractivity contribution in [1.29, 1.82) is 0 Å². The summed E-state index contributed by atoms with van der Waals surface area (Å²) in [4.78, 5) is 16.2. The molecule has 0 spiro atoms. The summed E-state index contributed by atoms with van der Waals surface area (Å²) in [5.41, 5.74) is 1.57. The van der Waals surface area contributed by atoms with Crippen LogP contribution in [0.25, 0.3) is 0 Å². The van der Waals surface area contributed by atoms with E-state index in [-0.39, 0.29) is 5.56 Å². The van der Waals surface area contributed by atoms with Crippen LogP contribution in [0.3, 0.4) is 0 Å². The minimum atomic E-state index is -0.127. The van der Waals surface area contributed by atoms with Crippen LogP contribution in [0, 0.1) is 6.92 Å². The highest BCUT2D eigenvalue weighted by Crippen LogP contribution is 2.18. The van der Waals surface area contributed by atoms with Crippen LogP contribution in [-0.4, -0.2) is 14.8 Å². The molecular formula is C11H13BrN4OS. The molecule has 0 saturated heterocycles. The molecule has 0 atom stereocenters. The Balaban J connectivity index is 2.15. The predicted octanol–water partition coefficient (Wildman–Crippen LogP) is 2.40. The van der Waals surface area contributed by atoms with E-state index in [0.29, 0.717) is 23.2 Å². The van der Waals surface area contributed by atoms with Gasteiger partial charge in [-0.3, -0.25) is 4.79 Å². The highest BCUT2D eigenvalue weighted by molar-refractivity contribution is 9.10. The van der Waals surface area contributed by atoms with Crippen molar-refractivity contribution in [3.8, 4) is 0 Å². The van der Waals surface area contributed by atoms with Crippen LogP contribution in [0.1, 0.15) is 17.6 Å². The van der Waals surface area contributed by atoms with E-state index in [1.54, 1.807) is 17.5 Å². The molecule has 0 aliphatic carbocycles. The molecule has 2 heterocycles. The number of nitrogens with zero attached hydrogens (tertiary/aromatic N) is 3. The number of aryl methyl sites for hydroxylation is 2. The molecular weight excluding hydrogens is 316 g/mol. The van der Waals surface area contributed by atoms with E-state index < -0.39 is 0 Å². The molecule has 0 aliphatic rings. The first-order chi connectivity index (χ1) is 8.61. The summed E-state index contributed by atoms with van der Waals surface area (Å²) in [6.07, 6.45) is 1.65. The van der Waals surface area contributed by atoms with E-state index in [1.165, 1.54) is 4.68 Å². The minimum Gasteiger partial charge on any atom is -0.376 e. The monoisotopic (exact) mass is 328 g/mol. The Bertz CT molecular complexity index is 607. The zero-order valence-corrected chi connectivity index (χ0v) is 12.5. The maximum atomic E-state index is 11.8. The van der Waals surface area contributed by atoms with E-state index >= 15 is 0 Å². The molecule has 96 valence electrons. The third kappa shape index (κ3) is 2.78. The van der Waals surface area contributed by atoms with Gasteiger partial charge in [-0.15, -0.1) is 11.3 Å². The van der Waals surface area contributed by atoms with Crippen molar-refractivity contribution in [2.45, 2.75) is 26.9 Å². The zero-order chi connectivity index (χ0) is 13.1. The summed E-state index contributed by atoms with van der Waals surface area (Å²) in [5, 5.41) is 10.2. The maximum absolute atomic E-state index is 11.8. The van der Waals surface area contributed by atoms with Gasteiger partial charge in [0.15, 0.2) is 0 Å². The minimum absolute atomic E-state index is 0.127. The first-order valence-corrected chi connectivity index (χ1v) is 7.19. The lowest BCUT2D eigenvalue weighted by molar-refractivity contribution is 0.613. The molecule has 2 rings (SSSR count). The average molecular weight is 329 g/mol. The summed E-state index contributed by atoms with van der Waals surface area (Å²) in [5.74, 6) is 0. The van der Waals surface area contributed by atoms with Crippen molar-refractivity contribution < 1.29 is 0 Å². The van der Waals surface area contributed by atoms with Gasteiger partial charge >= 0.3 is 0 Å². The lowest BCUT2D eigenvalue weighted by atomic mass is 10.4. The Morgan fingerprint density at radius 2 is 2.33 bits per heavy atom. The molecule has 0 radical (unpaired) electrons. The number of rotatable bonds is 4. The number of hydrogen-bond acceptors (Lipinski definition) is 5. The molecule has 5 nitrogen and oxygen atoms in total. The topological polar surface area (TPSA) is 59.8 Å². The zero-order valence-electron chi connectivity index (χ0n) is 10.1. The van der Waals surface area contributed by atoms with Crippen LogP contribution >= 0.6 is 27.3 Å². The standard InChI is InChI=1S/C11H13BrN4OS/c1-3-16-11(17)10(12)8(4-14-16)13-5-9-15-7(2)6-18-9/h4,6,13H,3,5H2,1-2H3.